The highest BCUT2D eigenvalue weighted by molar-refractivity contribution is 7.99. The maximum absolute atomic E-state index is 5.51. The molecule has 0 spiro atoms. The maximum atomic E-state index is 5.51. The van der Waals surface area contributed by atoms with Gasteiger partial charge in [-0.1, -0.05) is 19.1 Å². The van der Waals surface area contributed by atoms with Crippen molar-refractivity contribution in [3.63, 3.8) is 0 Å². The summed E-state index contributed by atoms with van der Waals surface area (Å²) in [5, 5.41) is 0. The molecule has 0 atom stereocenters. The van der Waals surface area contributed by atoms with Crippen molar-refractivity contribution < 1.29 is 4.42 Å². The van der Waals surface area contributed by atoms with Crippen molar-refractivity contribution in [3.8, 4) is 11.3 Å². The van der Waals surface area contributed by atoms with Gasteiger partial charge in [-0.25, -0.2) is 0 Å². The van der Waals surface area contributed by atoms with E-state index in [-0.39, 0.29) is 6.01 Å². The summed E-state index contributed by atoms with van der Waals surface area (Å²) in [4.78, 5) is 5.31. The van der Waals surface area contributed by atoms with Gasteiger partial charge in [0.2, 0.25) is 0 Å². The molecule has 1 aromatic heterocycles. The molecule has 3 nitrogen and oxygen atoms in total. The number of nitrogen functional groups attached to an aromatic ring is 1. The number of benzene rings is 1. The van der Waals surface area contributed by atoms with Crippen LogP contribution in [-0.2, 0) is 0 Å². The van der Waals surface area contributed by atoms with Gasteiger partial charge >= 0.3 is 0 Å². The SMILES string of the molecule is CCSc1ccc(-c2oc(N)nc2C)cc1. The molecule has 0 unspecified atom stereocenters. The van der Waals surface area contributed by atoms with E-state index in [9.17, 15) is 0 Å². The Labute approximate surface area is 99.1 Å². The molecule has 1 aromatic carbocycles. The molecule has 1 heterocycles. The Bertz CT molecular complexity index is 476. The molecule has 84 valence electrons. The van der Waals surface area contributed by atoms with E-state index in [1.807, 2.05) is 30.8 Å². The summed E-state index contributed by atoms with van der Waals surface area (Å²) in [6.07, 6.45) is 0. The zero-order chi connectivity index (χ0) is 11.5. The van der Waals surface area contributed by atoms with Crippen LogP contribution in [0.1, 0.15) is 12.6 Å². The Kier molecular flexibility index (Phi) is 3.19. The number of aryl methyl sites for hydroxylation is 1. The molecule has 0 aliphatic rings. The van der Waals surface area contributed by atoms with Gasteiger partial charge in [-0.3, -0.25) is 0 Å². The molecule has 2 N–H and O–H groups in total. The standard InChI is InChI=1S/C12H14N2OS/c1-3-16-10-6-4-9(5-7-10)11-8(2)14-12(13)15-11/h4-7H,3H2,1-2H3,(H2,13,14). The second-order valence-corrected chi connectivity index (χ2v) is 4.76. The van der Waals surface area contributed by atoms with Crippen LogP contribution in [0.3, 0.4) is 0 Å². The normalized spacial score (nSPS) is 10.6. The molecule has 0 aliphatic carbocycles. The van der Waals surface area contributed by atoms with Gasteiger partial charge in [0, 0.05) is 10.5 Å². The predicted molar refractivity (Wildman–Crippen MR) is 67.5 cm³/mol. The number of rotatable bonds is 3. The maximum Gasteiger partial charge on any atom is 0.292 e. The number of nitrogens with zero attached hydrogens (tertiary/aromatic N) is 1. The summed E-state index contributed by atoms with van der Waals surface area (Å²) in [6.45, 7) is 4.03. The molecule has 0 saturated carbocycles. The Morgan fingerprint density at radius 3 is 2.50 bits per heavy atom. The molecule has 4 heteroatoms. The van der Waals surface area contributed by atoms with Gasteiger partial charge in [0.05, 0.1) is 5.69 Å². The molecule has 16 heavy (non-hydrogen) atoms. The summed E-state index contributed by atoms with van der Waals surface area (Å²) in [5.74, 6) is 1.83. The largest absolute Gasteiger partial charge is 0.423 e. The zero-order valence-corrected chi connectivity index (χ0v) is 10.2. The molecule has 0 fully saturated rings. The fourth-order valence-corrected chi connectivity index (χ4v) is 2.22. The van der Waals surface area contributed by atoms with Crippen LogP contribution >= 0.6 is 11.8 Å². The lowest BCUT2D eigenvalue weighted by atomic mass is 10.1. The van der Waals surface area contributed by atoms with Crippen molar-refractivity contribution in [2.24, 2.45) is 0 Å². The van der Waals surface area contributed by atoms with Crippen molar-refractivity contribution in [1.29, 1.82) is 0 Å². The smallest absolute Gasteiger partial charge is 0.292 e. The van der Waals surface area contributed by atoms with Gasteiger partial charge in [0.1, 0.15) is 0 Å². The summed E-state index contributed by atoms with van der Waals surface area (Å²) in [7, 11) is 0. The van der Waals surface area contributed by atoms with Crippen LogP contribution in [0.2, 0.25) is 0 Å². The topological polar surface area (TPSA) is 52.0 Å². The Hall–Kier alpha value is -1.42. The van der Waals surface area contributed by atoms with Gasteiger partial charge in [-0.2, -0.15) is 4.98 Å². The van der Waals surface area contributed by atoms with Gasteiger partial charge in [0.25, 0.3) is 6.01 Å². The second-order valence-electron chi connectivity index (χ2n) is 3.42. The predicted octanol–water partition coefficient (Wildman–Crippen LogP) is 3.34. The van der Waals surface area contributed by atoms with Crippen LogP contribution in [0.5, 0.6) is 0 Å². The number of nitrogens with two attached hydrogens (primary N) is 1. The number of hydrogen-bond acceptors (Lipinski definition) is 4. The molecule has 0 radical (unpaired) electrons. The molecular weight excluding hydrogens is 220 g/mol. The first-order valence-corrected chi connectivity index (χ1v) is 6.15. The van der Waals surface area contributed by atoms with Crippen molar-refractivity contribution in [3.05, 3.63) is 30.0 Å². The molecule has 0 amide bonds. The molecule has 0 bridgehead atoms. The number of oxazole rings is 1. The zero-order valence-electron chi connectivity index (χ0n) is 9.36. The fraction of sp³-hybridized carbons (Fsp3) is 0.250. The van der Waals surface area contributed by atoms with Crippen LogP contribution in [0.25, 0.3) is 11.3 Å². The average molecular weight is 234 g/mol. The monoisotopic (exact) mass is 234 g/mol. The van der Waals surface area contributed by atoms with Gasteiger partial charge < -0.3 is 10.2 Å². The Morgan fingerprint density at radius 2 is 2.00 bits per heavy atom. The van der Waals surface area contributed by atoms with Crippen molar-refractivity contribution in [2.75, 3.05) is 11.5 Å². The highest BCUT2D eigenvalue weighted by Crippen LogP contribution is 2.27. The molecule has 0 saturated heterocycles. The highest BCUT2D eigenvalue weighted by Gasteiger charge is 2.09. The lowest BCUT2D eigenvalue weighted by Gasteiger charge is -2.00. The first kappa shape index (κ1) is 11.1. The van der Waals surface area contributed by atoms with E-state index >= 15 is 0 Å². The quantitative estimate of drug-likeness (QED) is 0.827. The highest BCUT2D eigenvalue weighted by atomic mass is 32.2. The molecular formula is C12H14N2OS. The Balaban J connectivity index is 2.31. The van der Waals surface area contributed by atoms with Gasteiger partial charge in [-0.15, -0.1) is 11.8 Å². The van der Waals surface area contributed by atoms with Crippen LogP contribution in [-0.4, -0.2) is 10.7 Å². The lowest BCUT2D eigenvalue weighted by molar-refractivity contribution is 0.594. The minimum atomic E-state index is 0.222. The van der Waals surface area contributed by atoms with E-state index in [4.69, 9.17) is 10.2 Å². The fourth-order valence-electron chi connectivity index (χ4n) is 1.55. The number of hydrogen-bond donors (Lipinski definition) is 1. The van der Waals surface area contributed by atoms with E-state index in [0.29, 0.717) is 0 Å². The average Bonchev–Trinajstić information content (AvgIpc) is 2.59. The van der Waals surface area contributed by atoms with Crippen molar-refractivity contribution in [2.45, 2.75) is 18.7 Å². The van der Waals surface area contributed by atoms with Crippen LogP contribution < -0.4 is 5.73 Å². The number of thioether (sulfide) groups is 1. The van der Waals surface area contributed by atoms with Crippen molar-refractivity contribution >= 4 is 17.8 Å². The van der Waals surface area contributed by atoms with Gasteiger partial charge in [0.15, 0.2) is 5.76 Å². The second kappa shape index (κ2) is 4.61. The minimum absolute atomic E-state index is 0.222. The third kappa shape index (κ3) is 2.22. The third-order valence-corrected chi connectivity index (χ3v) is 3.13. The molecule has 2 aromatic rings. The third-order valence-electron chi connectivity index (χ3n) is 2.24. The van der Waals surface area contributed by atoms with E-state index in [1.165, 1.54) is 4.90 Å². The Morgan fingerprint density at radius 1 is 1.31 bits per heavy atom. The van der Waals surface area contributed by atoms with E-state index < -0.39 is 0 Å². The summed E-state index contributed by atoms with van der Waals surface area (Å²) >= 11 is 1.82. The van der Waals surface area contributed by atoms with Crippen LogP contribution in [0.15, 0.2) is 33.6 Å². The molecule has 2 rings (SSSR count). The summed E-state index contributed by atoms with van der Waals surface area (Å²) < 4.78 is 5.36. The summed E-state index contributed by atoms with van der Waals surface area (Å²) in [6, 6.07) is 8.46. The first-order valence-electron chi connectivity index (χ1n) is 5.17. The van der Waals surface area contributed by atoms with E-state index in [2.05, 4.69) is 24.0 Å². The summed E-state index contributed by atoms with van der Waals surface area (Å²) in [5.41, 5.74) is 7.36. The van der Waals surface area contributed by atoms with E-state index in [1.54, 1.807) is 0 Å². The minimum Gasteiger partial charge on any atom is -0.423 e. The number of anilines is 1. The molecule has 0 aliphatic heterocycles. The van der Waals surface area contributed by atoms with Crippen LogP contribution in [0.4, 0.5) is 6.01 Å². The van der Waals surface area contributed by atoms with Crippen molar-refractivity contribution in [1.82, 2.24) is 4.98 Å². The van der Waals surface area contributed by atoms with E-state index in [0.717, 1.165) is 22.8 Å². The number of aromatic nitrogens is 1. The van der Waals surface area contributed by atoms with Crippen LogP contribution in [0, 0.1) is 6.92 Å². The lowest BCUT2D eigenvalue weighted by Crippen LogP contribution is -1.81. The van der Waals surface area contributed by atoms with Gasteiger partial charge in [-0.05, 0) is 24.8 Å². The first-order chi connectivity index (χ1) is 7.70.